The maximum absolute atomic E-state index is 6.01. The molecule has 0 spiro atoms. The van der Waals surface area contributed by atoms with Crippen molar-refractivity contribution in [2.45, 2.75) is 108 Å². The number of nitrogens with zero attached hydrogens (tertiary/aromatic N) is 3. The van der Waals surface area contributed by atoms with Crippen molar-refractivity contribution in [3.8, 4) is 0 Å². The lowest BCUT2D eigenvalue weighted by Gasteiger charge is -2.46. The standard InChI is InChI=1S/C23H37N3O/c1-15-8-10-16(11-9-15)19-14-18-12-13-20(26(18)2)21(19)23-24-22(25-27-23)17-6-4-3-5-7-17/h15-21H,3-14H2,1-2H3/t15?,16?,18?,19-,20?,21+/m1/s1. The van der Waals surface area contributed by atoms with Gasteiger partial charge in [0.05, 0.1) is 5.92 Å². The van der Waals surface area contributed by atoms with Crippen molar-refractivity contribution in [3.05, 3.63) is 11.7 Å². The van der Waals surface area contributed by atoms with Crippen LogP contribution in [0.5, 0.6) is 0 Å². The summed E-state index contributed by atoms with van der Waals surface area (Å²) in [5, 5.41) is 4.51. The molecule has 0 N–H and O–H groups in total. The van der Waals surface area contributed by atoms with E-state index in [-0.39, 0.29) is 0 Å². The molecule has 150 valence electrons. The minimum atomic E-state index is 0.469. The van der Waals surface area contributed by atoms with Gasteiger partial charge in [0.25, 0.3) is 0 Å². The van der Waals surface area contributed by atoms with Crippen LogP contribution in [0.2, 0.25) is 0 Å². The second kappa shape index (κ2) is 7.50. The number of rotatable bonds is 3. The molecule has 4 nitrogen and oxygen atoms in total. The molecular weight excluding hydrogens is 334 g/mol. The first kappa shape index (κ1) is 18.1. The van der Waals surface area contributed by atoms with Gasteiger partial charge in [0, 0.05) is 18.0 Å². The molecule has 4 aliphatic rings. The van der Waals surface area contributed by atoms with E-state index in [1.807, 2.05) is 0 Å². The predicted molar refractivity (Wildman–Crippen MR) is 107 cm³/mol. The van der Waals surface area contributed by atoms with Crippen LogP contribution in [-0.2, 0) is 0 Å². The zero-order chi connectivity index (χ0) is 18.4. The maximum Gasteiger partial charge on any atom is 0.231 e. The molecular formula is C23H37N3O. The molecule has 4 heteroatoms. The number of likely N-dealkylation sites (N-methyl/N-ethyl adjacent to an activating group) is 1. The Bertz CT molecular complexity index is 629. The van der Waals surface area contributed by atoms with Crippen molar-refractivity contribution in [1.29, 1.82) is 0 Å². The monoisotopic (exact) mass is 371 g/mol. The molecule has 3 heterocycles. The lowest BCUT2D eigenvalue weighted by Crippen LogP contribution is -2.47. The van der Waals surface area contributed by atoms with Crippen LogP contribution in [0.15, 0.2) is 4.52 Å². The van der Waals surface area contributed by atoms with Crippen LogP contribution in [0.3, 0.4) is 0 Å². The highest BCUT2D eigenvalue weighted by Crippen LogP contribution is 2.52. The van der Waals surface area contributed by atoms with Crippen molar-refractivity contribution >= 4 is 0 Å². The quantitative estimate of drug-likeness (QED) is 0.702. The zero-order valence-corrected chi connectivity index (χ0v) is 17.3. The number of aromatic nitrogens is 2. The molecule has 2 saturated carbocycles. The van der Waals surface area contributed by atoms with Gasteiger partial charge < -0.3 is 4.52 Å². The molecule has 2 aliphatic carbocycles. The maximum atomic E-state index is 6.01. The largest absolute Gasteiger partial charge is 0.339 e. The summed E-state index contributed by atoms with van der Waals surface area (Å²) in [4.78, 5) is 7.71. The molecule has 1 aromatic rings. The second-order valence-corrected chi connectivity index (χ2v) is 10.2. The first-order chi connectivity index (χ1) is 13.2. The molecule has 2 unspecified atom stereocenters. The average Bonchev–Trinajstić information content (AvgIpc) is 3.26. The van der Waals surface area contributed by atoms with E-state index in [0.29, 0.717) is 17.9 Å². The van der Waals surface area contributed by atoms with Gasteiger partial charge >= 0.3 is 0 Å². The Kier molecular flexibility index (Phi) is 5.04. The van der Waals surface area contributed by atoms with Crippen LogP contribution >= 0.6 is 0 Å². The average molecular weight is 372 g/mol. The molecule has 0 amide bonds. The van der Waals surface area contributed by atoms with Gasteiger partial charge in [-0.2, -0.15) is 4.98 Å². The molecule has 1 aromatic heterocycles. The Morgan fingerprint density at radius 2 is 1.70 bits per heavy atom. The Labute approximate surface area is 164 Å². The van der Waals surface area contributed by atoms with Crippen molar-refractivity contribution in [3.63, 3.8) is 0 Å². The summed E-state index contributed by atoms with van der Waals surface area (Å²) in [5.74, 6) is 5.56. The van der Waals surface area contributed by atoms with Gasteiger partial charge in [-0.25, -0.2) is 0 Å². The third kappa shape index (κ3) is 3.36. The minimum absolute atomic E-state index is 0.469. The predicted octanol–water partition coefficient (Wildman–Crippen LogP) is 5.51. The van der Waals surface area contributed by atoms with Gasteiger partial charge in [-0.1, -0.05) is 44.2 Å². The van der Waals surface area contributed by atoms with E-state index in [2.05, 4.69) is 24.0 Å². The van der Waals surface area contributed by atoms with E-state index < -0.39 is 0 Å². The summed E-state index contributed by atoms with van der Waals surface area (Å²) < 4.78 is 6.01. The summed E-state index contributed by atoms with van der Waals surface area (Å²) in [6.45, 7) is 2.43. The summed E-state index contributed by atoms with van der Waals surface area (Å²) >= 11 is 0. The minimum Gasteiger partial charge on any atom is -0.339 e. The molecule has 27 heavy (non-hydrogen) atoms. The van der Waals surface area contributed by atoms with Crippen LogP contribution in [0.1, 0.15) is 108 Å². The highest BCUT2D eigenvalue weighted by atomic mass is 16.5. The molecule has 0 aromatic carbocycles. The van der Waals surface area contributed by atoms with Gasteiger partial charge in [-0.15, -0.1) is 0 Å². The fraction of sp³-hybridized carbons (Fsp3) is 0.913. The van der Waals surface area contributed by atoms with Gasteiger partial charge in [0.15, 0.2) is 5.82 Å². The summed E-state index contributed by atoms with van der Waals surface area (Å²) in [5.41, 5.74) is 0. The summed E-state index contributed by atoms with van der Waals surface area (Å²) in [7, 11) is 2.34. The molecule has 5 rings (SSSR count). The second-order valence-electron chi connectivity index (χ2n) is 10.2. The topological polar surface area (TPSA) is 42.2 Å². The lowest BCUT2D eigenvalue weighted by atomic mass is 9.67. The molecule has 2 bridgehead atoms. The Morgan fingerprint density at radius 3 is 2.48 bits per heavy atom. The molecule has 2 saturated heterocycles. The molecule has 4 atom stereocenters. The normalized spacial score (nSPS) is 41.1. The van der Waals surface area contributed by atoms with Gasteiger partial charge in [0.1, 0.15) is 0 Å². The SMILES string of the molecule is CC1CCC([C@H]2CC3CCC([C@H]2c2nc(C4CCCCC4)no2)N3C)CC1. The van der Waals surface area contributed by atoms with E-state index in [4.69, 9.17) is 9.51 Å². The van der Waals surface area contributed by atoms with E-state index in [9.17, 15) is 0 Å². The van der Waals surface area contributed by atoms with Crippen LogP contribution in [0, 0.1) is 17.8 Å². The van der Waals surface area contributed by atoms with E-state index >= 15 is 0 Å². The van der Waals surface area contributed by atoms with Gasteiger partial charge in [0.2, 0.25) is 5.89 Å². The highest BCUT2D eigenvalue weighted by molar-refractivity contribution is 5.12. The van der Waals surface area contributed by atoms with Crippen molar-refractivity contribution in [1.82, 2.24) is 15.0 Å². The first-order valence-electron chi connectivity index (χ1n) is 11.8. The fourth-order valence-electron chi connectivity index (χ4n) is 6.96. The molecule has 4 fully saturated rings. The van der Waals surface area contributed by atoms with Crippen LogP contribution in [0.4, 0.5) is 0 Å². The number of piperidine rings is 1. The summed E-state index contributed by atoms with van der Waals surface area (Å²) in [6, 6.07) is 1.41. The first-order valence-corrected chi connectivity index (χ1v) is 11.8. The Hall–Kier alpha value is -0.900. The zero-order valence-electron chi connectivity index (χ0n) is 17.3. The van der Waals surface area contributed by atoms with Crippen molar-refractivity contribution in [2.24, 2.45) is 17.8 Å². The highest BCUT2D eigenvalue weighted by Gasteiger charge is 2.50. The third-order valence-corrected chi connectivity index (χ3v) is 8.69. The molecule has 0 radical (unpaired) electrons. The van der Waals surface area contributed by atoms with Crippen molar-refractivity contribution in [2.75, 3.05) is 7.05 Å². The summed E-state index contributed by atoms with van der Waals surface area (Å²) in [6.07, 6.45) is 16.2. The van der Waals surface area contributed by atoms with Gasteiger partial charge in [-0.05, 0) is 69.7 Å². The number of fused-ring (bicyclic) bond motifs is 2. The van der Waals surface area contributed by atoms with Gasteiger partial charge in [-0.3, -0.25) is 4.90 Å². The fourth-order valence-corrected chi connectivity index (χ4v) is 6.96. The van der Waals surface area contributed by atoms with Crippen LogP contribution in [0.25, 0.3) is 0 Å². The molecule has 2 aliphatic heterocycles. The smallest absolute Gasteiger partial charge is 0.231 e. The Balaban J connectivity index is 1.41. The van der Waals surface area contributed by atoms with E-state index in [1.54, 1.807) is 0 Å². The van der Waals surface area contributed by atoms with Crippen LogP contribution in [-0.4, -0.2) is 34.2 Å². The van der Waals surface area contributed by atoms with Crippen molar-refractivity contribution < 1.29 is 4.52 Å². The van der Waals surface area contributed by atoms with E-state index in [1.165, 1.54) is 77.0 Å². The number of hydrogen-bond acceptors (Lipinski definition) is 4. The van der Waals surface area contributed by atoms with Crippen LogP contribution < -0.4 is 0 Å². The lowest BCUT2D eigenvalue weighted by molar-refractivity contribution is 0.0449. The van der Waals surface area contributed by atoms with E-state index in [0.717, 1.165) is 35.5 Å². The number of hydrogen-bond donors (Lipinski definition) is 0. The third-order valence-electron chi connectivity index (χ3n) is 8.69. The Morgan fingerprint density at radius 1 is 0.926 bits per heavy atom.